The van der Waals surface area contributed by atoms with Crippen molar-refractivity contribution in [1.29, 1.82) is 0 Å². The monoisotopic (exact) mass is 173 g/mol. The van der Waals surface area contributed by atoms with Gasteiger partial charge in [0.15, 0.2) is 0 Å². The lowest BCUT2D eigenvalue weighted by atomic mass is 9.82. The van der Waals surface area contributed by atoms with Crippen LogP contribution in [0, 0.1) is 5.92 Å². The zero-order valence-corrected chi connectivity index (χ0v) is 8.89. The van der Waals surface area contributed by atoms with Crippen molar-refractivity contribution in [1.82, 2.24) is 0 Å². The number of hydrogen-bond acceptors (Lipinski definition) is 2. The Morgan fingerprint density at radius 2 is 1.92 bits per heavy atom. The lowest BCUT2D eigenvalue weighted by Crippen LogP contribution is -2.45. The molecule has 12 heavy (non-hydrogen) atoms. The van der Waals surface area contributed by atoms with Crippen molar-refractivity contribution in [3.05, 3.63) is 0 Å². The third-order valence-electron chi connectivity index (χ3n) is 2.72. The van der Waals surface area contributed by atoms with Crippen LogP contribution in [0.15, 0.2) is 0 Å². The second kappa shape index (κ2) is 5.55. The summed E-state index contributed by atoms with van der Waals surface area (Å²) in [6.45, 7) is 10.1. The highest BCUT2D eigenvalue weighted by Gasteiger charge is 2.26. The van der Waals surface area contributed by atoms with Gasteiger partial charge in [0, 0.05) is 18.8 Å². The molecular formula is C10H23NO. The van der Waals surface area contributed by atoms with E-state index in [4.69, 9.17) is 10.5 Å². The first-order chi connectivity index (χ1) is 5.56. The second-order valence-corrected chi connectivity index (χ2v) is 3.69. The molecule has 74 valence electrons. The molecule has 1 unspecified atom stereocenters. The number of rotatable bonds is 6. The maximum absolute atomic E-state index is 6.20. The van der Waals surface area contributed by atoms with Crippen molar-refractivity contribution in [3.63, 3.8) is 0 Å². The number of hydrogen-bond donors (Lipinski definition) is 1. The minimum absolute atomic E-state index is 0.0326. The van der Waals surface area contributed by atoms with Gasteiger partial charge in [0.1, 0.15) is 0 Å². The van der Waals surface area contributed by atoms with Crippen LogP contribution in [0.4, 0.5) is 0 Å². The molecule has 0 bridgehead atoms. The third-order valence-corrected chi connectivity index (χ3v) is 2.72. The molecule has 0 aromatic rings. The van der Waals surface area contributed by atoms with E-state index in [9.17, 15) is 0 Å². The molecule has 1 atom stereocenters. The SMILES string of the molecule is CCOCCC(N)(CC)C(C)C. The van der Waals surface area contributed by atoms with Crippen LogP contribution in [0.5, 0.6) is 0 Å². The van der Waals surface area contributed by atoms with Gasteiger partial charge in [-0.25, -0.2) is 0 Å². The lowest BCUT2D eigenvalue weighted by Gasteiger charge is -2.32. The first-order valence-corrected chi connectivity index (χ1v) is 4.93. The van der Waals surface area contributed by atoms with Crippen LogP contribution in [0.3, 0.4) is 0 Å². The summed E-state index contributed by atoms with van der Waals surface area (Å²) in [6, 6.07) is 0. The molecule has 2 N–H and O–H groups in total. The van der Waals surface area contributed by atoms with Crippen molar-refractivity contribution in [2.45, 2.75) is 46.1 Å². The predicted molar refractivity (Wildman–Crippen MR) is 53.2 cm³/mol. The van der Waals surface area contributed by atoms with Crippen molar-refractivity contribution in [2.75, 3.05) is 13.2 Å². The van der Waals surface area contributed by atoms with Crippen LogP contribution in [0.1, 0.15) is 40.5 Å². The van der Waals surface area contributed by atoms with Gasteiger partial charge in [-0.15, -0.1) is 0 Å². The molecule has 0 aromatic heterocycles. The Morgan fingerprint density at radius 1 is 1.33 bits per heavy atom. The van der Waals surface area contributed by atoms with E-state index in [1.807, 2.05) is 6.92 Å². The molecule has 0 heterocycles. The summed E-state index contributed by atoms with van der Waals surface area (Å²) >= 11 is 0. The molecule has 0 aliphatic heterocycles. The molecule has 0 aliphatic rings. The molecule has 0 saturated carbocycles. The van der Waals surface area contributed by atoms with Crippen LogP contribution < -0.4 is 5.73 Å². The fraction of sp³-hybridized carbons (Fsp3) is 1.00. The van der Waals surface area contributed by atoms with Gasteiger partial charge in [-0.05, 0) is 25.7 Å². The molecule has 0 aromatic carbocycles. The lowest BCUT2D eigenvalue weighted by molar-refractivity contribution is 0.112. The van der Waals surface area contributed by atoms with Crippen molar-refractivity contribution in [2.24, 2.45) is 11.7 Å². The molecule has 0 rings (SSSR count). The first kappa shape index (κ1) is 11.9. The Morgan fingerprint density at radius 3 is 2.25 bits per heavy atom. The van der Waals surface area contributed by atoms with Crippen LogP contribution in [0.2, 0.25) is 0 Å². The quantitative estimate of drug-likeness (QED) is 0.625. The summed E-state index contributed by atoms with van der Waals surface area (Å²) in [5.41, 5.74) is 6.17. The number of ether oxygens (including phenoxy) is 1. The van der Waals surface area contributed by atoms with Crippen molar-refractivity contribution < 1.29 is 4.74 Å². The molecule has 0 fully saturated rings. The van der Waals surface area contributed by atoms with Crippen LogP contribution in [0.25, 0.3) is 0 Å². The van der Waals surface area contributed by atoms with Gasteiger partial charge in [0.25, 0.3) is 0 Å². The molecule has 2 nitrogen and oxygen atoms in total. The zero-order chi connectivity index (χ0) is 9.61. The Balaban J connectivity index is 3.80. The van der Waals surface area contributed by atoms with E-state index in [-0.39, 0.29) is 5.54 Å². The Hall–Kier alpha value is -0.0800. The minimum Gasteiger partial charge on any atom is -0.382 e. The number of nitrogens with two attached hydrogens (primary N) is 1. The van der Waals surface area contributed by atoms with E-state index in [0.717, 1.165) is 26.1 Å². The highest BCUT2D eigenvalue weighted by atomic mass is 16.5. The molecule has 0 saturated heterocycles. The van der Waals surface area contributed by atoms with Crippen molar-refractivity contribution >= 4 is 0 Å². The molecule has 0 aliphatic carbocycles. The van der Waals surface area contributed by atoms with E-state index >= 15 is 0 Å². The van der Waals surface area contributed by atoms with Crippen LogP contribution in [-0.4, -0.2) is 18.8 Å². The smallest absolute Gasteiger partial charge is 0.0483 e. The highest BCUT2D eigenvalue weighted by molar-refractivity contribution is 4.85. The maximum atomic E-state index is 6.20. The fourth-order valence-corrected chi connectivity index (χ4v) is 1.28. The normalized spacial score (nSPS) is 16.5. The Kier molecular flexibility index (Phi) is 5.51. The van der Waals surface area contributed by atoms with E-state index in [0.29, 0.717) is 5.92 Å². The van der Waals surface area contributed by atoms with Gasteiger partial charge < -0.3 is 10.5 Å². The Labute approximate surface area is 76.5 Å². The minimum atomic E-state index is -0.0326. The summed E-state index contributed by atoms with van der Waals surface area (Å²) in [7, 11) is 0. The molecular weight excluding hydrogens is 150 g/mol. The van der Waals surface area contributed by atoms with Gasteiger partial charge in [0.05, 0.1) is 0 Å². The van der Waals surface area contributed by atoms with Gasteiger partial charge in [-0.3, -0.25) is 0 Å². The average Bonchev–Trinajstić information content (AvgIpc) is 2.04. The summed E-state index contributed by atoms with van der Waals surface area (Å²) in [5.74, 6) is 0.531. The van der Waals surface area contributed by atoms with Crippen LogP contribution >= 0.6 is 0 Å². The van der Waals surface area contributed by atoms with Crippen molar-refractivity contribution in [3.8, 4) is 0 Å². The fourth-order valence-electron chi connectivity index (χ4n) is 1.28. The molecule has 2 heteroatoms. The van der Waals surface area contributed by atoms with E-state index in [1.54, 1.807) is 0 Å². The summed E-state index contributed by atoms with van der Waals surface area (Å²) < 4.78 is 5.30. The van der Waals surface area contributed by atoms with Gasteiger partial charge in [-0.1, -0.05) is 20.8 Å². The third kappa shape index (κ3) is 3.55. The van der Waals surface area contributed by atoms with E-state index in [1.165, 1.54) is 0 Å². The van der Waals surface area contributed by atoms with Gasteiger partial charge in [-0.2, -0.15) is 0 Å². The highest BCUT2D eigenvalue weighted by Crippen LogP contribution is 2.21. The standard InChI is InChI=1S/C10H23NO/c1-5-10(11,9(3)4)7-8-12-6-2/h9H,5-8,11H2,1-4H3. The predicted octanol–water partition coefficient (Wildman–Crippen LogP) is 2.18. The molecule has 0 amide bonds. The van der Waals surface area contributed by atoms with Gasteiger partial charge >= 0.3 is 0 Å². The Bertz CT molecular complexity index is 114. The molecule has 0 spiro atoms. The average molecular weight is 173 g/mol. The summed E-state index contributed by atoms with van der Waals surface area (Å²) in [5, 5.41) is 0. The second-order valence-electron chi connectivity index (χ2n) is 3.69. The van der Waals surface area contributed by atoms with Crippen LogP contribution in [-0.2, 0) is 4.74 Å². The van der Waals surface area contributed by atoms with E-state index in [2.05, 4.69) is 20.8 Å². The first-order valence-electron chi connectivity index (χ1n) is 4.93. The summed E-state index contributed by atoms with van der Waals surface area (Å²) in [4.78, 5) is 0. The maximum Gasteiger partial charge on any atom is 0.0483 e. The largest absolute Gasteiger partial charge is 0.382 e. The molecule has 0 radical (unpaired) electrons. The van der Waals surface area contributed by atoms with E-state index < -0.39 is 0 Å². The zero-order valence-electron chi connectivity index (χ0n) is 8.89. The topological polar surface area (TPSA) is 35.2 Å². The summed E-state index contributed by atoms with van der Waals surface area (Å²) in [6.07, 6.45) is 1.99. The van der Waals surface area contributed by atoms with Gasteiger partial charge in [0.2, 0.25) is 0 Å².